The summed E-state index contributed by atoms with van der Waals surface area (Å²) in [6.07, 6.45) is 24.6. The minimum Gasteiger partial charge on any atom is -0.0625 e. The van der Waals surface area contributed by atoms with E-state index in [1.54, 1.807) is 51.4 Å². The van der Waals surface area contributed by atoms with Gasteiger partial charge in [0.1, 0.15) is 0 Å². The molecule has 0 N–H and O–H groups in total. The smallest absolute Gasteiger partial charge is 0.0271 e. The van der Waals surface area contributed by atoms with Gasteiger partial charge >= 0.3 is 0 Å². The van der Waals surface area contributed by atoms with Crippen LogP contribution in [0.25, 0.3) is 0 Å². The van der Waals surface area contributed by atoms with Gasteiger partial charge in [0, 0.05) is 0 Å². The minimum atomic E-state index is 0.669. The Balaban J connectivity index is 1.00. The van der Waals surface area contributed by atoms with Crippen LogP contribution < -0.4 is 0 Å². The zero-order valence-corrected chi connectivity index (χ0v) is 27.9. The normalized spacial score (nSPS) is 47.9. The van der Waals surface area contributed by atoms with Crippen LogP contribution in [0.5, 0.6) is 0 Å². The van der Waals surface area contributed by atoms with Crippen molar-refractivity contribution in [2.75, 3.05) is 0 Å². The van der Waals surface area contributed by atoms with Crippen LogP contribution in [0.1, 0.15) is 158 Å². The molecule has 0 nitrogen and oxygen atoms in total. The van der Waals surface area contributed by atoms with Gasteiger partial charge < -0.3 is 0 Å². The van der Waals surface area contributed by atoms with Crippen LogP contribution in [0.2, 0.25) is 0 Å². The largest absolute Gasteiger partial charge is 0.0625 e. The van der Waals surface area contributed by atoms with E-state index < -0.39 is 0 Å². The average Bonchev–Trinajstić information content (AvgIpc) is 2.91. The first-order chi connectivity index (χ1) is 18.6. The summed E-state index contributed by atoms with van der Waals surface area (Å²) in [6.45, 7) is 20.3. The fourth-order valence-electron chi connectivity index (χ4n) is 11.2. The maximum atomic E-state index is 2.62. The van der Waals surface area contributed by atoms with Gasteiger partial charge in [0.15, 0.2) is 0 Å². The van der Waals surface area contributed by atoms with Crippen molar-refractivity contribution < 1.29 is 0 Å². The van der Waals surface area contributed by atoms with Crippen molar-refractivity contribution in [3.05, 3.63) is 0 Å². The molecule has 0 spiro atoms. The molecule has 0 amide bonds. The van der Waals surface area contributed by atoms with Crippen molar-refractivity contribution in [3.8, 4) is 0 Å². The van der Waals surface area contributed by atoms with Crippen molar-refractivity contribution >= 4 is 0 Å². The molecule has 5 aliphatic carbocycles. The molecule has 0 aromatic carbocycles. The molecule has 0 aromatic rings. The summed E-state index contributed by atoms with van der Waals surface area (Å²) in [6, 6.07) is 0. The number of hydrogen-bond donors (Lipinski definition) is 0. The highest BCUT2D eigenvalue weighted by Crippen LogP contribution is 2.60. The Morgan fingerprint density at radius 3 is 1.72 bits per heavy atom. The van der Waals surface area contributed by atoms with E-state index in [1.807, 2.05) is 0 Å². The zero-order chi connectivity index (χ0) is 27.9. The molecular weight excluding hydrogens is 468 g/mol. The second kappa shape index (κ2) is 12.7. The third-order valence-electron chi connectivity index (χ3n) is 15.6. The molecule has 5 fully saturated rings. The molecule has 0 heterocycles. The van der Waals surface area contributed by atoms with Gasteiger partial charge in [0.05, 0.1) is 0 Å². The monoisotopic (exact) mass is 539 g/mol. The third kappa shape index (κ3) is 6.51. The number of fused-ring (bicyclic) bond motifs is 1. The average molecular weight is 539 g/mol. The third-order valence-corrected chi connectivity index (χ3v) is 15.6. The molecule has 0 heteroatoms. The molecule has 0 aromatic heterocycles. The molecule has 5 aliphatic rings. The van der Waals surface area contributed by atoms with E-state index in [0.717, 1.165) is 82.9 Å². The molecule has 14 unspecified atom stereocenters. The van der Waals surface area contributed by atoms with E-state index in [2.05, 4.69) is 55.4 Å². The maximum absolute atomic E-state index is 2.62. The lowest BCUT2D eigenvalue weighted by Crippen LogP contribution is -2.47. The first kappa shape index (κ1) is 30.5. The zero-order valence-electron chi connectivity index (χ0n) is 27.9. The van der Waals surface area contributed by atoms with Gasteiger partial charge in [-0.15, -0.1) is 0 Å². The summed E-state index contributed by atoms with van der Waals surface area (Å²) in [5, 5.41) is 0. The second-order valence-corrected chi connectivity index (χ2v) is 17.7. The molecule has 0 saturated heterocycles. The first-order valence-corrected chi connectivity index (χ1v) is 18.6. The Bertz CT molecular complexity index is 766. The summed E-state index contributed by atoms with van der Waals surface area (Å²) in [4.78, 5) is 0. The van der Waals surface area contributed by atoms with Crippen LogP contribution in [0.3, 0.4) is 0 Å². The van der Waals surface area contributed by atoms with Crippen molar-refractivity contribution in [2.45, 2.75) is 158 Å². The van der Waals surface area contributed by atoms with E-state index in [-0.39, 0.29) is 0 Å². The molecule has 39 heavy (non-hydrogen) atoms. The standard InChI is InChI=1S/C39H70/c1-25(2)39(18-9-10-26(3)11-12-32-20-27(4)29(32)6)19-17-37-23-36(38(37)24-39)16-15-35-22-34(31(35)8)14-13-33-21-28(5)30(33)7/h25-38H,9-24H2,1-8H3. The Hall–Kier alpha value is 0. The van der Waals surface area contributed by atoms with Crippen LogP contribution in [-0.2, 0) is 0 Å². The predicted octanol–water partition coefficient (Wildman–Crippen LogP) is 12.1. The SMILES string of the molecule is CC(CCCC1(C(C)C)CCC2CC(CCC3CC(CCC4CC(C)C4C)C3C)C2C1)CCC1CC(C)C1C. The minimum absolute atomic E-state index is 0.669. The molecule has 226 valence electrons. The molecule has 0 aliphatic heterocycles. The Morgan fingerprint density at radius 2 is 1.18 bits per heavy atom. The lowest BCUT2D eigenvalue weighted by Gasteiger charge is -2.57. The first-order valence-electron chi connectivity index (χ1n) is 18.6. The fraction of sp³-hybridized carbons (Fsp3) is 1.00. The molecule has 0 bridgehead atoms. The topological polar surface area (TPSA) is 0 Å². The van der Waals surface area contributed by atoms with E-state index in [0.29, 0.717) is 5.41 Å². The van der Waals surface area contributed by atoms with Crippen molar-refractivity contribution in [3.63, 3.8) is 0 Å². The van der Waals surface area contributed by atoms with E-state index in [1.165, 1.54) is 51.4 Å². The Labute approximate surface area is 246 Å². The van der Waals surface area contributed by atoms with Gasteiger partial charge in [0.25, 0.3) is 0 Å². The van der Waals surface area contributed by atoms with E-state index in [9.17, 15) is 0 Å². The molecule has 14 atom stereocenters. The van der Waals surface area contributed by atoms with Gasteiger partial charge in [-0.1, -0.05) is 74.7 Å². The number of hydrogen-bond acceptors (Lipinski definition) is 0. The van der Waals surface area contributed by atoms with Gasteiger partial charge in [-0.05, 0) is 172 Å². The predicted molar refractivity (Wildman–Crippen MR) is 171 cm³/mol. The summed E-state index contributed by atoms with van der Waals surface area (Å²) in [5.41, 5.74) is 0.669. The van der Waals surface area contributed by atoms with Gasteiger partial charge in [-0.2, -0.15) is 0 Å². The summed E-state index contributed by atoms with van der Waals surface area (Å²) in [7, 11) is 0. The van der Waals surface area contributed by atoms with Crippen molar-refractivity contribution in [1.29, 1.82) is 0 Å². The maximum Gasteiger partial charge on any atom is -0.0271 e. The Morgan fingerprint density at radius 1 is 0.615 bits per heavy atom. The summed E-state index contributed by atoms with van der Waals surface area (Å²) in [5.74, 6) is 14.4. The quantitative estimate of drug-likeness (QED) is 0.206. The highest BCUT2D eigenvalue weighted by Gasteiger charge is 2.50. The van der Waals surface area contributed by atoms with Gasteiger partial charge in [-0.3, -0.25) is 0 Å². The van der Waals surface area contributed by atoms with Crippen molar-refractivity contribution in [1.82, 2.24) is 0 Å². The summed E-state index contributed by atoms with van der Waals surface area (Å²) < 4.78 is 0. The van der Waals surface area contributed by atoms with Crippen LogP contribution in [0, 0.1) is 88.3 Å². The highest BCUT2D eigenvalue weighted by atomic mass is 14.6. The summed E-state index contributed by atoms with van der Waals surface area (Å²) >= 11 is 0. The van der Waals surface area contributed by atoms with Crippen molar-refractivity contribution in [2.24, 2.45) is 88.3 Å². The van der Waals surface area contributed by atoms with Crippen LogP contribution in [0.4, 0.5) is 0 Å². The number of rotatable bonds is 14. The van der Waals surface area contributed by atoms with Gasteiger partial charge in [0.2, 0.25) is 0 Å². The van der Waals surface area contributed by atoms with E-state index in [4.69, 9.17) is 0 Å². The second-order valence-electron chi connectivity index (χ2n) is 17.7. The van der Waals surface area contributed by atoms with Crippen LogP contribution in [0.15, 0.2) is 0 Å². The van der Waals surface area contributed by atoms with E-state index >= 15 is 0 Å². The lowest BCUT2D eigenvalue weighted by molar-refractivity contribution is -0.0667. The lowest BCUT2D eigenvalue weighted by atomic mass is 9.48. The molecule has 0 radical (unpaired) electrons. The molecule has 5 rings (SSSR count). The molecule has 5 saturated carbocycles. The Kier molecular flexibility index (Phi) is 9.92. The van der Waals surface area contributed by atoms with Crippen LogP contribution in [-0.4, -0.2) is 0 Å². The van der Waals surface area contributed by atoms with Crippen LogP contribution >= 0.6 is 0 Å². The fourth-order valence-corrected chi connectivity index (χ4v) is 11.2. The highest BCUT2D eigenvalue weighted by molar-refractivity contribution is 5.01. The molecular formula is C39H70. The van der Waals surface area contributed by atoms with Gasteiger partial charge in [-0.25, -0.2) is 0 Å².